The zero-order valence-electron chi connectivity index (χ0n) is 31.1. The molecule has 8 rings (SSSR count). The van der Waals surface area contributed by atoms with Crippen molar-refractivity contribution >= 4 is 46.1 Å². The Morgan fingerprint density at radius 3 is 1.46 bits per heavy atom. The third kappa shape index (κ3) is 7.22. The number of fused-ring (bicyclic) bond motifs is 2. The molecule has 2 aliphatic heterocycles. The van der Waals surface area contributed by atoms with Crippen LogP contribution in [0.1, 0.15) is 101 Å². The third-order valence-corrected chi connectivity index (χ3v) is 12.2. The van der Waals surface area contributed by atoms with Crippen LogP contribution in [0.3, 0.4) is 0 Å². The van der Waals surface area contributed by atoms with Crippen molar-refractivity contribution < 1.29 is 28.7 Å². The molecule has 0 radical (unpaired) electrons. The molecule has 4 N–H and O–H groups in total. The molecule has 286 valence electrons. The standard InChI is InChI=1S/C40H50N8O6/c1-53-39(51)45-31(19-23-7-3-8-23)37(49)47-17-5-11-33(47)35-41-27-15-13-25(21-29(27)43-35)26-14-16-28-30(22-26)44-36(42-28)34-12-6-18-48(34)38(50)32(46-40(52)54-2)20-24-9-4-10-24/h13-16,21-24,31-34H,3-12,17-20H2,1-2H3,(H,41,43)(H,42,44)(H,45,51)(H,46,52)/t31-,32-,33+,34+/m1/s1. The molecule has 4 aliphatic rings. The molecule has 2 saturated heterocycles. The van der Waals surface area contributed by atoms with Gasteiger partial charge in [-0.1, -0.05) is 50.7 Å². The first-order chi connectivity index (χ1) is 26.3. The maximum Gasteiger partial charge on any atom is 0.407 e. The molecular weight excluding hydrogens is 688 g/mol. The second-order valence-corrected chi connectivity index (χ2v) is 15.5. The van der Waals surface area contributed by atoms with Crippen molar-refractivity contribution in [2.75, 3.05) is 27.3 Å². The van der Waals surface area contributed by atoms with Crippen LogP contribution < -0.4 is 10.6 Å². The van der Waals surface area contributed by atoms with E-state index in [2.05, 4.69) is 32.7 Å². The summed E-state index contributed by atoms with van der Waals surface area (Å²) in [6.07, 6.45) is 10.0. The Bertz CT molecular complexity index is 1890. The number of H-pyrrole nitrogens is 2. The maximum atomic E-state index is 13.9. The van der Waals surface area contributed by atoms with E-state index in [4.69, 9.17) is 19.4 Å². The zero-order chi connectivity index (χ0) is 37.3. The lowest BCUT2D eigenvalue weighted by atomic mass is 9.80. The van der Waals surface area contributed by atoms with Crippen molar-refractivity contribution in [2.24, 2.45) is 11.8 Å². The summed E-state index contributed by atoms with van der Waals surface area (Å²) in [5, 5.41) is 5.60. The van der Waals surface area contributed by atoms with Crippen molar-refractivity contribution in [2.45, 2.75) is 101 Å². The van der Waals surface area contributed by atoms with Crippen LogP contribution in [-0.2, 0) is 19.1 Å². The van der Waals surface area contributed by atoms with E-state index >= 15 is 0 Å². The summed E-state index contributed by atoms with van der Waals surface area (Å²) in [6.45, 7) is 1.22. The number of hydrogen-bond acceptors (Lipinski definition) is 8. The van der Waals surface area contributed by atoms with Crippen LogP contribution in [0.2, 0.25) is 0 Å². The molecule has 14 nitrogen and oxygen atoms in total. The number of imidazole rings is 2. The Hall–Kier alpha value is -5.14. The zero-order valence-corrected chi connectivity index (χ0v) is 31.1. The highest BCUT2D eigenvalue weighted by atomic mass is 16.5. The van der Waals surface area contributed by atoms with Crippen LogP contribution in [0.4, 0.5) is 9.59 Å². The van der Waals surface area contributed by atoms with Crippen LogP contribution in [-0.4, -0.2) is 93.1 Å². The molecule has 2 aromatic heterocycles. The molecule has 2 aliphatic carbocycles. The topological polar surface area (TPSA) is 175 Å². The summed E-state index contributed by atoms with van der Waals surface area (Å²) in [6, 6.07) is 10.6. The first-order valence-corrected chi connectivity index (χ1v) is 19.6. The number of carbonyl (C=O) groups excluding carboxylic acids is 4. The molecule has 0 spiro atoms. The van der Waals surface area contributed by atoms with Gasteiger partial charge in [0.2, 0.25) is 11.8 Å². The molecular formula is C40H50N8O6. The second-order valence-electron chi connectivity index (χ2n) is 15.5. The molecule has 2 aromatic carbocycles. The predicted octanol–water partition coefficient (Wildman–Crippen LogP) is 6.26. The quantitative estimate of drug-likeness (QED) is 0.139. The molecule has 4 aromatic rings. The van der Waals surface area contributed by atoms with Crippen LogP contribution >= 0.6 is 0 Å². The third-order valence-electron chi connectivity index (χ3n) is 12.2. The van der Waals surface area contributed by atoms with Gasteiger partial charge in [-0.05, 0) is 85.8 Å². The molecule has 0 bridgehead atoms. The van der Waals surface area contributed by atoms with E-state index in [0.29, 0.717) is 37.8 Å². The van der Waals surface area contributed by atoms with Gasteiger partial charge >= 0.3 is 12.2 Å². The molecule has 2 saturated carbocycles. The summed E-state index contributed by atoms with van der Waals surface area (Å²) in [5.41, 5.74) is 5.40. The number of benzene rings is 2. The number of ether oxygens (including phenoxy) is 2. The number of hydrogen-bond donors (Lipinski definition) is 4. The Morgan fingerprint density at radius 1 is 0.667 bits per heavy atom. The van der Waals surface area contributed by atoms with Crippen LogP contribution in [0.5, 0.6) is 0 Å². The van der Waals surface area contributed by atoms with Gasteiger partial charge in [0.25, 0.3) is 0 Å². The fourth-order valence-corrected chi connectivity index (χ4v) is 8.73. The largest absolute Gasteiger partial charge is 0.453 e. The lowest BCUT2D eigenvalue weighted by Gasteiger charge is -2.32. The summed E-state index contributed by atoms with van der Waals surface area (Å²) in [5.74, 6) is 2.20. The Morgan fingerprint density at radius 2 is 1.09 bits per heavy atom. The van der Waals surface area contributed by atoms with E-state index in [-0.39, 0.29) is 23.9 Å². The van der Waals surface area contributed by atoms with E-state index in [9.17, 15) is 19.2 Å². The smallest absolute Gasteiger partial charge is 0.407 e. The van der Waals surface area contributed by atoms with Crippen molar-refractivity contribution in [1.82, 2.24) is 40.4 Å². The minimum atomic E-state index is -0.619. The summed E-state index contributed by atoms with van der Waals surface area (Å²) in [7, 11) is 2.64. The maximum absolute atomic E-state index is 13.9. The minimum absolute atomic E-state index is 0.0837. The summed E-state index contributed by atoms with van der Waals surface area (Å²) >= 11 is 0. The van der Waals surface area contributed by atoms with Crippen LogP contribution in [0.25, 0.3) is 33.2 Å². The fourth-order valence-electron chi connectivity index (χ4n) is 8.73. The van der Waals surface area contributed by atoms with Gasteiger partial charge in [-0.3, -0.25) is 9.59 Å². The average molecular weight is 739 g/mol. The lowest BCUT2D eigenvalue weighted by molar-refractivity contribution is -0.135. The SMILES string of the molecule is COC(=O)N[C@H](CC1CCC1)C(=O)N1CCC[C@H]1c1nc2ccc(-c3ccc4nc([C@@H]5CCCN5C(=O)[C@@H](CC5CCC5)NC(=O)OC)[nH]c4c3)cc2[nH]1. The van der Waals surface area contributed by atoms with Crippen molar-refractivity contribution in [3.8, 4) is 11.1 Å². The highest BCUT2D eigenvalue weighted by Gasteiger charge is 2.39. The van der Waals surface area contributed by atoms with Gasteiger partial charge in [0.15, 0.2) is 0 Å². The summed E-state index contributed by atoms with van der Waals surface area (Å²) < 4.78 is 9.70. The first kappa shape index (κ1) is 35.9. The average Bonchev–Trinajstić information content (AvgIpc) is 3.97. The van der Waals surface area contributed by atoms with Gasteiger partial charge in [0.05, 0.1) is 48.4 Å². The number of rotatable bonds is 11. The lowest BCUT2D eigenvalue weighted by Crippen LogP contribution is -2.49. The molecule has 4 atom stereocenters. The number of nitrogens with zero attached hydrogens (tertiary/aromatic N) is 4. The summed E-state index contributed by atoms with van der Waals surface area (Å²) in [4.78, 5) is 72.6. The molecule has 4 heterocycles. The highest BCUT2D eigenvalue weighted by Crippen LogP contribution is 2.38. The minimum Gasteiger partial charge on any atom is -0.453 e. The van der Waals surface area contributed by atoms with Crippen molar-refractivity contribution in [3.05, 3.63) is 48.0 Å². The Balaban J connectivity index is 0.993. The fraction of sp³-hybridized carbons (Fsp3) is 0.550. The molecule has 0 unspecified atom stereocenters. The Kier molecular flexibility index (Phi) is 10.2. The monoisotopic (exact) mass is 738 g/mol. The number of carbonyl (C=O) groups is 4. The number of nitrogens with one attached hydrogen (secondary N) is 4. The number of methoxy groups -OCH3 is 2. The molecule has 4 fully saturated rings. The molecule has 14 heteroatoms. The van der Waals surface area contributed by atoms with Gasteiger partial charge in [-0.2, -0.15) is 0 Å². The number of aromatic nitrogens is 4. The van der Waals surface area contributed by atoms with Crippen molar-refractivity contribution in [3.63, 3.8) is 0 Å². The van der Waals surface area contributed by atoms with E-state index in [0.717, 1.165) is 109 Å². The molecule has 4 amide bonds. The normalized spacial score (nSPS) is 21.4. The van der Waals surface area contributed by atoms with E-state index in [1.54, 1.807) is 0 Å². The van der Waals surface area contributed by atoms with Crippen LogP contribution in [0.15, 0.2) is 36.4 Å². The predicted molar refractivity (Wildman–Crippen MR) is 201 cm³/mol. The van der Waals surface area contributed by atoms with Gasteiger partial charge in [-0.15, -0.1) is 0 Å². The van der Waals surface area contributed by atoms with E-state index < -0.39 is 24.3 Å². The number of amides is 4. The Labute approximate surface area is 314 Å². The first-order valence-electron chi connectivity index (χ1n) is 19.6. The van der Waals surface area contributed by atoms with Gasteiger partial charge in [0, 0.05) is 13.1 Å². The van der Waals surface area contributed by atoms with Gasteiger partial charge in [-0.25, -0.2) is 19.6 Å². The van der Waals surface area contributed by atoms with Gasteiger partial charge in [0.1, 0.15) is 23.7 Å². The number of aromatic amines is 2. The number of alkyl carbamates (subject to hydrolysis) is 2. The van der Waals surface area contributed by atoms with E-state index in [1.807, 2.05) is 34.1 Å². The highest BCUT2D eigenvalue weighted by molar-refractivity contribution is 5.89. The van der Waals surface area contributed by atoms with Gasteiger partial charge < -0.3 is 39.9 Å². The van der Waals surface area contributed by atoms with Crippen molar-refractivity contribution in [1.29, 1.82) is 0 Å². The second kappa shape index (κ2) is 15.3. The van der Waals surface area contributed by atoms with Crippen LogP contribution in [0, 0.1) is 11.8 Å². The molecule has 54 heavy (non-hydrogen) atoms. The van der Waals surface area contributed by atoms with E-state index in [1.165, 1.54) is 14.2 Å². The number of likely N-dealkylation sites (tertiary alicyclic amines) is 2.